The molecule has 110 valence electrons. The van der Waals surface area contributed by atoms with E-state index in [9.17, 15) is 9.59 Å². The number of halogens is 1. The number of aromatic nitrogens is 3. The molecule has 22 heavy (non-hydrogen) atoms. The number of methoxy groups -OCH3 is 1. The van der Waals surface area contributed by atoms with Gasteiger partial charge in [0.2, 0.25) is 5.88 Å². The van der Waals surface area contributed by atoms with Crippen molar-refractivity contribution in [2.24, 2.45) is 0 Å². The summed E-state index contributed by atoms with van der Waals surface area (Å²) in [7, 11) is 1.50. The van der Waals surface area contributed by atoms with Crippen LogP contribution in [0.15, 0.2) is 47.5 Å². The minimum atomic E-state index is -0.814. The number of hydrogen-bond acceptors (Lipinski definition) is 5. The third kappa shape index (κ3) is 2.33. The Morgan fingerprint density at radius 2 is 2.09 bits per heavy atom. The second-order valence-corrected chi connectivity index (χ2v) is 4.79. The Bertz CT molecular complexity index is 919. The van der Waals surface area contributed by atoms with E-state index in [0.717, 1.165) is 0 Å². The van der Waals surface area contributed by atoms with Gasteiger partial charge >= 0.3 is 0 Å². The van der Waals surface area contributed by atoms with Gasteiger partial charge in [-0.15, -0.1) is 0 Å². The second kappa shape index (κ2) is 5.57. The zero-order valence-corrected chi connectivity index (χ0v) is 12.2. The van der Waals surface area contributed by atoms with Gasteiger partial charge in [0.1, 0.15) is 11.2 Å². The number of nitrogens with zero attached hydrogens (tertiary/aromatic N) is 3. The highest BCUT2D eigenvalue weighted by molar-refractivity contribution is 6.67. The third-order valence-electron chi connectivity index (χ3n) is 3.16. The number of carbonyl (C=O) groups is 1. The number of ether oxygens (including phenoxy) is 1. The van der Waals surface area contributed by atoms with Gasteiger partial charge in [-0.05, 0) is 35.9 Å². The van der Waals surface area contributed by atoms with Crippen molar-refractivity contribution in [1.82, 2.24) is 14.5 Å². The van der Waals surface area contributed by atoms with Crippen LogP contribution in [0.25, 0.3) is 16.7 Å². The van der Waals surface area contributed by atoms with E-state index < -0.39 is 10.8 Å². The first-order valence-electron chi connectivity index (χ1n) is 6.33. The Labute approximate surface area is 130 Å². The van der Waals surface area contributed by atoms with Gasteiger partial charge in [-0.25, -0.2) is 9.97 Å². The predicted octanol–water partition coefficient (Wildman–Crippen LogP) is 2.17. The highest BCUT2D eigenvalue weighted by Gasteiger charge is 2.16. The van der Waals surface area contributed by atoms with E-state index in [1.165, 1.54) is 23.9 Å². The van der Waals surface area contributed by atoms with Crippen molar-refractivity contribution in [1.29, 1.82) is 0 Å². The number of fused-ring (bicyclic) bond motifs is 1. The SMILES string of the molecule is COc1ccc(-n2c(=O)c(C(=O)Cl)cc3cccnc32)cn1. The summed E-state index contributed by atoms with van der Waals surface area (Å²) in [5.74, 6) is 0.415. The molecule has 0 unspecified atom stereocenters. The molecular formula is C15H10ClN3O3. The molecule has 0 bridgehead atoms. The predicted molar refractivity (Wildman–Crippen MR) is 81.9 cm³/mol. The largest absolute Gasteiger partial charge is 0.481 e. The molecule has 0 aromatic carbocycles. The lowest BCUT2D eigenvalue weighted by Crippen LogP contribution is -2.24. The first-order valence-corrected chi connectivity index (χ1v) is 6.70. The van der Waals surface area contributed by atoms with Crippen LogP contribution in [0.5, 0.6) is 5.88 Å². The van der Waals surface area contributed by atoms with Crippen molar-refractivity contribution in [2.75, 3.05) is 7.11 Å². The Balaban J connectivity index is 2.37. The summed E-state index contributed by atoms with van der Waals surface area (Å²) in [5, 5.41) is -0.187. The minimum Gasteiger partial charge on any atom is -0.481 e. The van der Waals surface area contributed by atoms with E-state index in [2.05, 4.69) is 9.97 Å². The van der Waals surface area contributed by atoms with Gasteiger partial charge in [0.25, 0.3) is 10.8 Å². The van der Waals surface area contributed by atoms with Crippen LogP contribution in [-0.4, -0.2) is 26.9 Å². The average molecular weight is 316 g/mol. The molecule has 0 amide bonds. The van der Waals surface area contributed by atoms with Crippen LogP contribution < -0.4 is 10.3 Å². The van der Waals surface area contributed by atoms with Crippen LogP contribution in [-0.2, 0) is 0 Å². The summed E-state index contributed by atoms with van der Waals surface area (Å²) in [5.41, 5.74) is 0.228. The molecule has 0 spiro atoms. The summed E-state index contributed by atoms with van der Waals surface area (Å²) < 4.78 is 6.30. The van der Waals surface area contributed by atoms with Gasteiger partial charge in [-0.3, -0.25) is 14.2 Å². The first kappa shape index (κ1) is 14.2. The number of rotatable bonds is 3. The van der Waals surface area contributed by atoms with E-state index in [-0.39, 0.29) is 5.56 Å². The fourth-order valence-corrected chi connectivity index (χ4v) is 2.28. The lowest BCUT2D eigenvalue weighted by atomic mass is 10.2. The van der Waals surface area contributed by atoms with Crippen LogP contribution in [0.2, 0.25) is 0 Å². The molecule has 0 saturated heterocycles. The van der Waals surface area contributed by atoms with E-state index in [1.54, 1.807) is 30.5 Å². The van der Waals surface area contributed by atoms with Crippen molar-refractivity contribution in [3.8, 4) is 11.6 Å². The quantitative estimate of drug-likeness (QED) is 0.692. The number of carbonyl (C=O) groups excluding carboxylic acids is 1. The molecule has 3 heterocycles. The summed E-state index contributed by atoms with van der Waals surface area (Å²) >= 11 is 5.51. The normalized spacial score (nSPS) is 10.6. The molecule has 0 saturated carbocycles. The Hall–Kier alpha value is -2.73. The minimum absolute atomic E-state index is 0.113. The molecule has 7 heteroatoms. The number of pyridine rings is 3. The molecule has 6 nitrogen and oxygen atoms in total. The summed E-state index contributed by atoms with van der Waals surface area (Å²) in [6.07, 6.45) is 3.04. The molecule has 0 aliphatic rings. The number of hydrogen-bond donors (Lipinski definition) is 0. The van der Waals surface area contributed by atoms with Crippen LogP contribution in [0, 0.1) is 0 Å². The van der Waals surface area contributed by atoms with Crippen LogP contribution in [0.3, 0.4) is 0 Å². The fourth-order valence-electron chi connectivity index (χ4n) is 2.15. The molecule has 0 aliphatic carbocycles. The fraction of sp³-hybridized carbons (Fsp3) is 0.0667. The maximum Gasteiger partial charge on any atom is 0.269 e. The second-order valence-electron chi connectivity index (χ2n) is 4.45. The first-order chi connectivity index (χ1) is 10.6. The summed E-state index contributed by atoms with van der Waals surface area (Å²) in [4.78, 5) is 32.3. The topological polar surface area (TPSA) is 74.1 Å². The van der Waals surface area contributed by atoms with Gasteiger partial charge in [-0.2, -0.15) is 0 Å². The lowest BCUT2D eigenvalue weighted by molar-refractivity contribution is 0.108. The zero-order chi connectivity index (χ0) is 15.7. The van der Waals surface area contributed by atoms with E-state index in [1.807, 2.05) is 0 Å². The molecule has 3 aromatic rings. The zero-order valence-electron chi connectivity index (χ0n) is 11.5. The van der Waals surface area contributed by atoms with Crippen LogP contribution >= 0.6 is 11.6 Å². The Morgan fingerprint density at radius 1 is 1.27 bits per heavy atom. The van der Waals surface area contributed by atoms with Crippen molar-refractivity contribution in [3.05, 3.63) is 58.6 Å². The third-order valence-corrected chi connectivity index (χ3v) is 3.37. The molecule has 0 atom stereocenters. The smallest absolute Gasteiger partial charge is 0.269 e. The van der Waals surface area contributed by atoms with Gasteiger partial charge < -0.3 is 4.74 Å². The van der Waals surface area contributed by atoms with Gasteiger partial charge in [0.15, 0.2) is 0 Å². The van der Waals surface area contributed by atoms with E-state index >= 15 is 0 Å². The van der Waals surface area contributed by atoms with E-state index in [0.29, 0.717) is 22.6 Å². The summed E-state index contributed by atoms with van der Waals surface area (Å²) in [6, 6.07) is 8.17. The highest BCUT2D eigenvalue weighted by atomic mass is 35.5. The molecule has 0 radical (unpaired) electrons. The van der Waals surface area contributed by atoms with Gasteiger partial charge in [0, 0.05) is 17.6 Å². The van der Waals surface area contributed by atoms with Crippen LogP contribution in [0.1, 0.15) is 10.4 Å². The summed E-state index contributed by atoms with van der Waals surface area (Å²) in [6.45, 7) is 0. The molecule has 0 fully saturated rings. The van der Waals surface area contributed by atoms with Crippen molar-refractivity contribution in [2.45, 2.75) is 0 Å². The van der Waals surface area contributed by atoms with Crippen molar-refractivity contribution < 1.29 is 9.53 Å². The molecule has 3 aromatic heterocycles. The van der Waals surface area contributed by atoms with E-state index in [4.69, 9.17) is 16.3 Å². The van der Waals surface area contributed by atoms with Gasteiger partial charge in [0.05, 0.1) is 19.0 Å². The monoisotopic (exact) mass is 315 g/mol. The highest BCUT2D eigenvalue weighted by Crippen LogP contribution is 2.17. The molecule has 0 N–H and O–H groups in total. The van der Waals surface area contributed by atoms with Gasteiger partial charge in [-0.1, -0.05) is 0 Å². The molecular weight excluding hydrogens is 306 g/mol. The Kier molecular flexibility index (Phi) is 3.60. The maximum atomic E-state index is 12.5. The van der Waals surface area contributed by atoms with Crippen molar-refractivity contribution >= 4 is 27.9 Å². The maximum absolute atomic E-state index is 12.5. The average Bonchev–Trinajstić information content (AvgIpc) is 2.54. The van der Waals surface area contributed by atoms with Crippen molar-refractivity contribution in [3.63, 3.8) is 0 Å². The Morgan fingerprint density at radius 3 is 2.73 bits per heavy atom. The van der Waals surface area contributed by atoms with Crippen LogP contribution in [0.4, 0.5) is 0 Å². The standard InChI is InChI=1S/C15H10ClN3O3/c1-22-12-5-4-10(8-18-12)19-14-9(3-2-6-17-14)7-11(13(16)20)15(19)21/h2-8H,1H3. The lowest BCUT2D eigenvalue weighted by Gasteiger charge is -2.10. The molecule has 3 rings (SSSR count). The molecule has 0 aliphatic heterocycles.